The third-order valence-electron chi connectivity index (χ3n) is 3.19. The molecule has 0 spiro atoms. The standard InChI is InChI=1S/C16H15FN4O/c1-10(2)20-16(22)13-9-19-21-14(6-7-18-15(13)21)11-4-3-5-12(17)8-11/h3-10H,1-2H3,(H,20,22). The Kier molecular flexibility index (Phi) is 3.58. The fourth-order valence-electron chi connectivity index (χ4n) is 2.26. The first-order valence-corrected chi connectivity index (χ1v) is 6.96. The van der Waals surface area contributed by atoms with Gasteiger partial charge >= 0.3 is 0 Å². The molecule has 0 saturated heterocycles. The van der Waals surface area contributed by atoms with Crippen molar-refractivity contribution in [2.75, 3.05) is 0 Å². The predicted molar refractivity (Wildman–Crippen MR) is 81.0 cm³/mol. The number of nitrogens with one attached hydrogen (secondary N) is 1. The lowest BCUT2D eigenvalue weighted by Crippen LogP contribution is -2.30. The molecule has 22 heavy (non-hydrogen) atoms. The maximum Gasteiger partial charge on any atom is 0.256 e. The summed E-state index contributed by atoms with van der Waals surface area (Å²) in [4.78, 5) is 16.4. The number of amides is 1. The van der Waals surface area contributed by atoms with Crippen molar-refractivity contribution in [1.29, 1.82) is 0 Å². The zero-order chi connectivity index (χ0) is 15.7. The van der Waals surface area contributed by atoms with E-state index in [1.165, 1.54) is 18.3 Å². The van der Waals surface area contributed by atoms with Gasteiger partial charge in [0.25, 0.3) is 5.91 Å². The zero-order valence-corrected chi connectivity index (χ0v) is 12.2. The molecule has 3 rings (SSSR count). The molecular weight excluding hydrogens is 283 g/mol. The van der Waals surface area contributed by atoms with Crippen molar-refractivity contribution in [2.45, 2.75) is 19.9 Å². The molecule has 0 aliphatic carbocycles. The second-order valence-corrected chi connectivity index (χ2v) is 5.26. The van der Waals surface area contributed by atoms with Crippen molar-refractivity contribution in [3.8, 4) is 11.3 Å². The molecule has 0 aliphatic rings. The Balaban J connectivity index is 2.12. The third kappa shape index (κ3) is 2.55. The molecule has 0 bridgehead atoms. The molecule has 112 valence electrons. The Morgan fingerprint density at radius 3 is 2.86 bits per heavy atom. The van der Waals surface area contributed by atoms with Crippen molar-refractivity contribution in [1.82, 2.24) is 19.9 Å². The van der Waals surface area contributed by atoms with Gasteiger partial charge in [-0.3, -0.25) is 4.79 Å². The first-order chi connectivity index (χ1) is 10.6. The molecule has 5 nitrogen and oxygen atoms in total. The van der Waals surface area contributed by atoms with Crippen molar-refractivity contribution < 1.29 is 9.18 Å². The van der Waals surface area contributed by atoms with Crippen LogP contribution in [0.4, 0.5) is 4.39 Å². The zero-order valence-electron chi connectivity index (χ0n) is 12.2. The van der Waals surface area contributed by atoms with Crippen molar-refractivity contribution in [3.63, 3.8) is 0 Å². The summed E-state index contributed by atoms with van der Waals surface area (Å²) in [6.45, 7) is 3.77. The minimum atomic E-state index is -0.326. The van der Waals surface area contributed by atoms with Crippen molar-refractivity contribution in [2.24, 2.45) is 0 Å². The van der Waals surface area contributed by atoms with Crippen LogP contribution in [0, 0.1) is 5.82 Å². The first-order valence-electron chi connectivity index (χ1n) is 6.96. The molecule has 2 heterocycles. The van der Waals surface area contributed by atoms with Gasteiger partial charge in [-0.2, -0.15) is 5.10 Å². The van der Waals surface area contributed by atoms with E-state index in [-0.39, 0.29) is 17.8 Å². The van der Waals surface area contributed by atoms with Crippen LogP contribution in [-0.4, -0.2) is 26.5 Å². The lowest BCUT2D eigenvalue weighted by Gasteiger charge is -2.07. The van der Waals surface area contributed by atoms with Gasteiger partial charge in [0.05, 0.1) is 11.9 Å². The van der Waals surface area contributed by atoms with E-state index in [4.69, 9.17) is 0 Å². The van der Waals surface area contributed by atoms with Crippen LogP contribution >= 0.6 is 0 Å². The van der Waals surface area contributed by atoms with Crippen LogP contribution in [0.2, 0.25) is 0 Å². The molecule has 1 aromatic carbocycles. The van der Waals surface area contributed by atoms with E-state index in [9.17, 15) is 9.18 Å². The number of carbonyl (C=O) groups is 1. The van der Waals surface area contributed by atoms with Gasteiger partial charge < -0.3 is 5.32 Å². The number of aromatic nitrogens is 3. The minimum Gasteiger partial charge on any atom is -0.350 e. The highest BCUT2D eigenvalue weighted by molar-refractivity contribution is 6.00. The van der Waals surface area contributed by atoms with E-state index in [0.29, 0.717) is 22.5 Å². The van der Waals surface area contributed by atoms with Gasteiger partial charge in [0, 0.05) is 17.8 Å². The van der Waals surface area contributed by atoms with E-state index < -0.39 is 0 Å². The van der Waals surface area contributed by atoms with Crippen molar-refractivity contribution in [3.05, 3.63) is 54.1 Å². The van der Waals surface area contributed by atoms with Crippen LogP contribution < -0.4 is 5.32 Å². The van der Waals surface area contributed by atoms with E-state index in [2.05, 4.69) is 15.4 Å². The fraction of sp³-hybridized carbons (Fsp3) is 0.188. The lowest BCUT2D eigenvalue weighted by molar-refractivity contribution is 0.0944. The van der Waals surface area contributed by atoms with Crippen LogP contribution in [-0.2, 0) is 0 Å². The first kappa shape index (κ1) is 14.2. The van der Waals surface area contributed by atoms with E-state index in [1.54, 1.807) is 28.9 Å². The Bertz CT molecular complexity index is 841. The molecule has 3 aromatic rings. The van der Waals surface area contributed by atoms with E-state index in [0.717, 1.165) is 0 Å². The predicted octanol–water partition coefficient (Wildman–Crippen LogP) is 2.67. The molecule has 0 saturated carbocycles. The SMILES string of the molecule is CC(C)NC(=O)c1cnn2c(-c3cccc(F)c3)ccnc12. The average molecular weight is 298 g/mol. The summed E-state index contributed by atoms with van der Waals surface area (Å²) in [5.74, 6) is -0.554. The molecule has 1 amide bonds. The normalized spacial score (nSPS) is 11.1. The highest BCUT2D eigenvalue weighted by Gasteiger charge is 2.16. The maximum atomic E-state index is 13.4. The van der Waals surface area contributed by atoms with Gasteiger partial charge in [-0.1, -0.05) is 12.1 Å². The highest BCUT2D eigenvalue weighted by Crippen LogP contribution is 2.21. The molecule has 1 N–H and O–H groups in total. The Morgan fingerprint density at radius 2 is 2.14 bits per heavy atom. The summed E-state index contributed by atoms with van der Waals surface area (Å²) >= 11 is 0. The molecular formula is C16H15FN4O. The fourth-order valence-corrected chi connectivity index (χ4v) is 2.26. The number of hydrogen-bond donors (Lipinski definition) is 1. The lowest BCUT2D eigenvalue weighted by atomic mass is 10.1. The summed E-state index contributed by atoms with van der Waals surface area (Å²) in [5, 5.41) is 7.04. The summed E-state index contributed by atoms with van der Waals surface area (Å²) in [7, 11) is 0. The molecule has 6 heteroatoms. The van der Waals surface area contributed by atoms with Gasteiger partial charge in [0.2, 0.25) is 0 Å². The smallest absolute Gasteiger partial charge is 0.256 e. The minimum absolute atomic E-state index is 0.0221. The summed E-state index contributed by atoms with van der Waals surface area (Å²) in [6, 6.07) is 7.98. The largest absolute Gasteiger partial charge is 0.350 e. The summed E-state index contributed by atoms with van der Waals surface area (Å²) in [6.07, 6.45) is 3.06. The van der Waals surface area contributed by atoms with Crippen LogP contribution in [0.5, 0.6) is 0 Å². The van der Waals surface area contributed by atoms with Crippen LogP contribution in [0.25, 0.3) is 16.9 Å². The number of benzene rings is 1. The second-order valence-electron chi connectivity index (χ2n) is 5.26. The quantitative estimate of drug-likeness (QED) is 0.808. The van der Waals surface area contributed by atoms with E-state index >= 15 is 0 Å². The highest BCUT2D eigenvalue weighted by atomic mass is 19.1. The van der Waals surface area contributed by atoms with Gasteiger partial charge in [-0.05, 0) is 32.0 Å². The summed E-state index contributed by atoms with van der Waals surface area (Å²) < 4.78 is 15.0. The van der Waals surface area contributed by atoms with Gasteiger partial charge in [-0.25, -0.2) is 13.9 Å². The van der Waals surface area contributed by atoms with Crippen molar-refractivity contribution >= 4 is 11.6 Å². The number of halogens is 1. The Labute approximate surface area is 126 Å². The Morgan fingerprint density at radius 1 is 1.32 bits per heavy atom. The average Bonchev–Trinajstić information content (AvgIpc) is 2.90. The van der Waals surface area contributed by atoms with Crippen LogP contribution in [0.3, 0.4) is 0 Å². The third-order valence-corrected chi connectivity index (χ3v) is 3.19. The summed E-state index contributed by atoms with van der Waals surface area (Å²) in [5.41, 5.74) is 2.19. The van der Waals surface area contributed by atoms with Crippen LogP contribution in [0.1, 0.15) is 24.2 Å². The molecule has 0 atom stereocenters. The molecule has 0 fully saturated rings. The second kappa shape index (κ2) is 5.55. The molecule has 0 aliphatic heterocycles. The number of carbonyl (C=O) groups excluding carboxylic acids is 1. The number of fused-ring (bicyclic) bond motifs is 1. The topological polar surface area (TPSA) is 59.3 Å². The molecule has 0 unspecified atom stereocenters. The number of rotatable bonds is 3. The van der Waals surface area contributed by atoms with Gasteiger partial charge in [0.15, 0.2) is 5.65 Å². The molecule has 2 aromatic heterocycles. The molecule has 0 radical (unpaired) electrons. The van der Waals surface area contributed by atoms with Crippen LogP contribution in [0.15, 0.2) is 42.7 Å². The number of nitrogens with zero attached hydrogens (tertiary/aromatic N) is 3. The monoisotopic (exact) mass is 298 g/mol. The Hall–Kier alpha value is -2.76. The van der Waals surface area contributed by atoms with Gasteiger partial charge in [-0.15, -0.1) is 0 Å². The number of hydrogen-bond acceptors (Lipinski definition) is 3. The maximum absolute atomic E-state index is 13.4. The van der Waals surface area contributed by atoms with E-state index in [1.807, 2.05) is 13.8 Å². The van der Waals surface area contributed by atoms with Gasteiger partial charge in [0.1, 0.15) is 11.4 Å².